The first-order valence-corrected chi connectivity index (χ1v) is 10.3. The summed E-state index contributed by atoms with van der Waals surface area (Å²) < 4.78 is 5.74. The van der Waals surface area contributed by atoms with Crippen LogP contribution < -0.4 is 10.2 Å². The normalized spacial score (nSPS) is 14.6. The van der Waals surface area contributed by atoms with Gasteiger partial charge in [-0.2, -0.15) is 0 Å². The van der Waals surface area contributed by atoms with Crippen molar-refractivity contribution in [3.05, 3.63) is 89.0 Å². The first kappa shape index (κ1) is 19.8. The van der Waals surface area contributed by atoms with E-state index in [4.69, 9.17) is 4.74 Å². The fourth-order valence-electron chi connectivity index (χ4n) is 4.44. The molecular weight excluding hydrogens is 408 g/mol. The molecule has 2 aliphatic rings. The van der Waals surface area contributed by atoms with E-state index in [9.17, 15) is 19.5 Å². The Morgan fingerprint density at radius 3 is 2.28 bits per heavy atom. The van der Waals surface area contributed by atoms with Crippen molar-refractivity contribution in [1.29, 1.82) is 0 Å². The molecule has 0 saturated heterocycles. The summed E-state index contributed by atoms with van der Waals surface area (Å²) in [5.74, 6) is -1.64. The number of fused-ring (bicyclic) bond motifs is 4. The molecule has 2 amide bonds. The van der Waals surface area contributed by atoms with Crippen LogP contribution in [0.3, 0.4) is 0 Å². The highest BCUT2D eigenvalue weighted by atomic mass is 16.6. The first-order valence-electron chi connectivity index (χ1n) is 10.3. The highest BCUT2D eigenvalue weighted by molar-refractivity contribution is 6.06. The fourth-order valence-corrected chi connectivity index (χ4v) is 4.44. The lowest BCUT2D eigenvalue weighted by atomic mass is 9.98. The smallest absolute Gasteiger partial charge is 0.414 e. The van der Waals surface area contributed by atoms with E-state index in [2.05, 4.69) is 17.4 Å². The van der Waals surface area contributed by atoms with Crippen LogP contribution >= 0.6 is 0 Å². The predicted octanol–water partition coefficient (Wildman–Crippen LogP) is 3.88. The van der Waals surface area contributed by atoms with Gasteiger partial charge in [-0.05, 0) is 40.5 Å². The summed E-state index contributed by atoms with van der Waals surface area (Å²) >= 11 is 0. The van der Waals surface area contributed by atoms with E-state index >= 15 is 0 Å². The van der Waals surface area contributed by atoms with Crippen LogP contribution in [-0.2, 0) is 4.74 Å². The maximum Gasteiger partial charge on any atom is 0.414 e. The standard InChI is InChI=1S/C25H20N2O5/c28-23-20-13-15(24(29)30)9-10-22(20)27(12-11-26-23)25(31)32-14-21-18-7-3-1-5-16(18)17-6-2-4-8-19(17)21/h1-10,13,21H,11-12,14H2,(H,26,28)(H,29,30). The molecule has 32 heavy (non-hydrogen) atoms. The van der Waals surface area contributed by atoms with Crippen molar-refractivity contribution in [1.82, 2.24) is 5.32 Å². The number of hydrogen-bond acceptors (Lipinski definition) is 4. The maximum atomic E-state index is 13.1. The number of anilines is 1. The van der Waals surface area contributed by atoms with Crippen LogP contribution in [0, 0.1) is 0 Å². The van der Waals surface area contributed by atoms with Gasteiger partial charge in [-0.3, -0.25) is 9.69 Å². The summed E-state index contributed by atoms with van der Waals surface area (Å²) in [6.45, 7) is 0.620. The van der Waals surface area contributed by atoms with Gasteiger partial charge in [-0.1, -0.05) is 48.5 Å². The Kier molecular flexibility index (Phi) is 4.86. The van der Waals surface area contributed by atoms with E-state index in [0.29, 0.717) is 5.69 Å². The highest BCUT2D eigenvalue weighted by Crippen LogP contribution is 2.44. The van der Waals surface area contributed by atoms with Crippen LogP contribution in [0.4, 0.5) is 10.5 Å². The molecule has 160 valence electrons. The number of carbonyl (C=O) groups excluding carboxylic acids is 2. The maximum absolute atomic E-state index is 13.1. The molecule has 0 spiro atoms. The molecule has 7 heteroatoms. The van der Waals surface area contributed by atoms with Gasteiger partial charge in [0.05, 0.1) is 16.8 Å². The average Bonchev–Trinajstić information content (AvgIpc) is 3.03. The van der Waals surface area contributed by atoms with Crippen molar-refractivity contribution in [2.45, 2.75) is 5.92 Å². The van der Waals surface area contributed by atoms with Crippen molar-refractivity contribution in [2.24, 2.45) is 0 Å². The minimum absolute atomic E-state index is 0.0201. The van der Waals surface area contributed by atoms with Gasteiger partial charge < -0.3 is 15.2 Å². The minimum atomic E-state index is -1.14. The summed E-state index contributed by atoms with van der Waals surface area (Å²) in [5, 5.41) is 11.9. The minimum Gasteiger partial charge on any atom is -0.478 e. The second-order valence-corrected chi connectivity index (χ2v) is 7.75. The molecule has 0 aromatic heterocycles. The number of rotatable bonds is 3. The topological polar surface area (TPSA) is 95.9 Å². The molecule has 0 bridgehead atoms. The SMILES string of the molecule is O=C(O)c1ccc2c(c1)C(=O)NCCN2C(=O)OCC1c2ccccc2-c2ccccc21. The molecule has 5 rings (SSSR count). The van der Waals surface area contributed by atoms with Gasteiger partial charge in [-0.25, -0.2) is 9.59 Å². The van der Waals surface area contributed by atoms with Crippen LogP contribution in [0.1, 0.15) is 37.8 Å². The molecular formula is C25H20N2O5. The molecule has 1 heterocycles. The van der Waals surface area contributed by atoms with E-state index < -0.39 is 18.0 Å². The number of ether oxygens (including phenoxy) is 1. The zero-order valence-electron chi connectivity index (χ0n) is 17.1. The molecule has 7 nitrogen and oxygen atoms in total. The Morgan fingerprint density at radius 2 is 1.62 bits per heavy atom. The van der Waals surface area contributed by atoms with Gasteiger partial charge >= 0.3 is 12.1 Å². The summed E-state index contributed by atoms with van der Waals surface area (Å²) in [4.78, 5) is 38.2. The van der Waals surface area contributed by atoms with Crippen LogP contribution in [0.15, 0.2) is 66.7 Å². The number of benzene rings is 3. The van der Waals surface area contributed by atoms with E-state index in [1.807, 2.05) is 36.4 Å². The molecule has 3 aromatic rings. The van der Waals surface area contributed by atoms with Gasteiger partial charge in [-0.15, -0.1) is 0 Å². The summed E-state index contributed by atoms with van der Waals surface area (Å²) in [5.41, 5.74) is 4.95. The van der Waals surface area contributed by atoms with Crippen LogP contribution in [0.2, 0.25) is 0 Å². The Bertz CT molecular complexity index is 1210. The van der Waals surface area contributed by atoms with Crippen LogP contribution in [-0.4, -0.2) is 42.8 Å². The average molecular weight is 428 g/mol. The zero-order chi connectivity index (χ0) is 22.2. The quantitative estimate of drug-likeness (QED) is 0.660. The van der Waals surface area contributed by atoms with Crippen LogP contribution in [0.5, 0.6) is 0 Å². The van der Waals surface area contributed by atoms with Gasteiger partial charge in [0.25, 0.3) is 5.91 Å². The van der Waals surface area contributed by atoms with E-state index in [-0.39, 0.29) is 36.7 Å². The second-order valence-electron chi connectivity index (χ2n) is 7.75. The van der Waals surface area contributed by atoms with E-state index in [1.165, 1.54) is 23.1 Å². The zero-order valence-corrected chi connectivity index (χ0v) is 17.1. The first-order chi connectivity index (χ1) is 15.5. The monoisotopic (exact) mass is 428 g/mol. The van der Waals surface area contributed by atoms with E-state index in [1.54, 1.807) is 0 Å². The fraction of sp³-hybridized carbons (Fsp3) is 0.160. The molecule has 3 aromatic carbocycles. The van der Waals surface area contributed by atoms with E-state index in [0.717, 1.165) is 22.3 Å². The molecule has 0 unspecified atom stereocenters. The van der Waals surface area contributed by atoms with Crippen LogP contribution in [0.25, 0.3) is 11.1 Å². The summed E-state index contributed by atoms with van der Waals surface area (Å²) in [6.07, 6.45) is -0.576. The lowest BCUT2D eigenvalue weighted by Crippen LogP contribution is -2.36. The molecule has 0 radical (unpaired) electrons. The van der Waals surface area contributed by atoms with Gasteiger partial charge in [0.2, 0.25) is 0 Å². The number of nitrogens with one attached hydrogen (secondary N) is 1. The molecule has 1 aliphatic carbocycles. The number of amides is 2. The number of aromatic carboxylic acids is 1. The van der Waals surface area contributed by atoms with Crippen molar-refractivity contribution in [3.8, 4) is 11.1 Å². The molecule has 2 N–H and O–H groups in total. The summed E-state index contributed by atoms with van der Waals surface area (Å²) in [7, 11) is 0. The highest BCUT2D eigenvalue weighted by Gasteiger charge is 2.31. The third-order valence-electron chi connectivity index (χ3n) is 5.96. The number of carboxylic acid groups (broad SMARTS) is 1. The molecule has 0 atom stereocenters. The molecule has 0 fully saturated rings. The number of carbonyl (C=O) groups is 3. The second kappa shape index (κ2) is 7.85. The predicted molar refractivity (Wildman–Crippen MR) is 118 cm³/mol. The number of carboxylic acids is 1. The molecule has 0 saturated carbocycles. The Morgan fingerprint density at radius 1 is 0.969 bits per heavy atom. The summed E-state index contributed by atoms with van der Waals surface area (Å²) in [6, 6.07) is 20.3. The van der Waals surface area contributed by atoms with Crippen molar-refractivity contribution < 1.29 is 24.2 Å². The third kappa shape index (κ3) is 3.28. The van der Waals surface area contributed by atoms with Crippen molar-refractivity contribution >= 4 is 23.7 Å². The Balaban J connectivity index is 1.41. The molecule has 1 aliphatic heterocycles. The van der Waals surface area contributed by atoms with Gasteiger partial charge in [0.1, 0.15) is 6.61 Å². The number of hydrogen-bond donors (Lipinski definition) is 2. The van der Waals surface area contributed by atoms with Gasteiger partial charge in [0, 0.05) is 19.0 Å². The third-order valence-corrected chi connectivity index (χ3v) is 5.96. The largest absolute Gasteiger partial charge is 0.478 e. The lowest BCUT2D eigenvalue weighted by Gasteiger charge is -2.23. The van der Waals surface area contributed by atoms with Gasteiger partial charge in [0.15, 0.2) is 0 Å². The Hall–Kier alpha value is -4.13. The lowest BCUT2D eigenvalue weighted by molar-refractivity contribution is 0.0697. The Labute approximate surface area is 184 Å². The number of nitrogens with zero attached hydrogens (tertiary/aromatic N) is 1. The van der Waals surface area contributed by atoms with Crippen molar-refractivity contribution in [3.63, 3.8) is 0 Å². The van der Waals surface area contributed by atoms with Crippen molar-refractivity contribution in [2.75, 3.05) is 24.6 Å².